The van der Waals surface area contributed by atoms with Gasteiger partial charge in [0.2, 0.25) is 0 Å². The highest BCUT2D eigenvalue weighted by atomic mass is 16.5. The fraction of sp³-hybridized carbons (Fsp3) is 0.588. The van der Waals surface area contributed by atoms with Crippen LogP contribution in [0.3, 0.4) is 0 Å². The normalized spacial score (nSPS) is 23.3. The molecule has 1 aliphatic heterocycles. The third-order valence-corrected chi connectivity index (χ3v) is 4.69. The van der Waals surface area contributed by atoms with Crippen LogP contribution in [0.15, 0.2) is 24.3 Å². The quantitative estimate of drug-likeness (QED) is 0.768. The molecule has 1 heterocycles. The summed E-state index contributed by atoms with van der Waals surface area (Å²) in [4.78, 5) is 0. The molecule has 2 heteroatoms. The highest BCUT2D eigenvalue weighted by Gasteiger charge is 2.59. The topological polar surface area (TPSA) is 33.0 Å². The van der Waals surface area contributed by atoms with E-state index in [-0.39, 0.29) is 10.8 Å². The van der Waals surface area contributed by atoms with Crippen LogP contribution in [-0.4, -0.2) is 13.2 Å². The van der Waals surface area contributed by atoms with Gasteiger partial charge in [-0.2, -0.15) is 5.26 Å². The molecular formula is C17H21NO. The molecule has 0 radical (unpaired) electrons. The van der Waals surface area contributed by atoms with Gasteiger partial charge in [-0.05, 0) is 29.4 Å². The number of rotatable bonds is 1. The Morgan fingerprint density at radius 1 is 1.11 bits per heavy atom. The SMILES string of the molecule is CC(C)(C)c1ccc(C2(C#N)CC3(COC3)C2)cc1. The van der Waals surface area contributed by atoms with Crippen molar-refractivity contribution < 1.29 is 4.74 Å². The predicted octanol–water partition coefficient (Wildman–Crippen LogP) is 3.56. The Kier molecular flexibility index (Phi) is 2.56. The number of nitriles is 1. The molecular weight excluding hydrogens is 234 g/mol. The molecule has 0 amide bonds. The van der Waals surface area contributed by atoms with E-state index in [1.807, 2.05) is 0 Å². The first-order valence-corrected chi connectivity index (χ1v) is 6.99. The second-order valence-corrected chi connectivity index (χ2v) is 7.37. The van der Waals surface area contributed by atoms with Crippen LogP contribution >= 0.6 is 0 Å². The average molecular weight is 255 g/mol. The first kappa shape index (κ1) is 12.7. The van der Waals surface area contributed by atoms with Gasteiger partial charge in [0.05, 0.1) is 24.7 Å². The number of hydrogen-bond donors (Lipinski definition) is 0. The van der Waals surface area contributed by atoms with Crippen LogP contribution in [0, 0.1) is 16.7 Å². The van der Waals surface area contributed by atoms with E-state index in [0.29, 0.717) is 5.41 Å². The van der Waals surface area contributed by atoms with Crippen LogP contribution in [0.1, 0.15) is 44.7 Å². The molecule has 0 atom stereocenters. The Hall–Kier alpha value is -1.33. The van der Waals surface area contributed by atoms with E-state index in [4.69, 9.17) is 4.74 Å². The van der Waals surface area contributed by atoms with Crippen molar-refractivity contribution in [3.8, 4) is 6.07 Å². The monoisotopic (exact) mass is 255 g/mol. The largest absolute Gasteiger partial charge is 0.380 e. The molecule has 0 unspecified atom stereocenters. The molecule has 1 saturated heterocycles. The van der Waals surface area contributed by atoms with Crippen molar-refractivity contribution in [2.75, 3.05) is 13.2 Å². The Morgan fingerprint density at radius 3 is 2.05 bits per heavy atom. The Labute approximate surface area is 115 Å². The van der Waals surface area contributed by atoms with Gasteiger partial charge in [-0.25, -0.2) is 0 Å². The molecule has 100 valence electrons. The Morgan fingerprint density at radius 2 is 1.68 bits per heavy atom. The van der Waals surface area contributed by atoms with Gasteiger partial charge in [-0.15, -0.1) is 0 Å². The zero-order chi connectivity index (χ0) is 13.7. The van der Waals surface area contributed by atoms with E-state index in [0.717, 1.165) is 26.1 Å². The molecule has 0 bridgehead atoms. The van der Waals surface area contributed by atoms with Gasteiger partial charge in [0.15, 0.2) is 0 Å². The van der Waals surface area contributed by atoms with E-state index >= 15 is 0 Å². The highest BCUT2D eigenvalue weighted by Crippen LogP contribution is 2.58. The van der Waals surface area contributed by atoms with Crippen molar-refractivity contribution in [3.05, 3.63) is 35.4 Å². The lowest BCUT2D eigenvalue weighted by molar-refractivity contribution is -0.178. The van der Waals surface area contributed by atoms with Crippen molar-refractivity contribution in [2.45, 2.75) is 44.4 Å². The van der Waals surface area contributed by atoms with Crippen molar-refractivity contribution in [2.24, 2.45) is 5.41 Å². The van der Waals surface area contributed by atoms with Gasteiger partial charge in [-0.3, -0.25) is 0 Å². The van der Waals surface area contributed by atoms with Gasteiger partial charge >= 0.3 is 0 Å². The maximum absolute atomic E-state index is 9.58. The maximum atomic E-state index is 9.58. The van der Waals surface area contributed by atoms with Gasteiger partial charge < -0.3 is 4.74 Å². The smallest absolute Gasteiger partial charge is 0.0836 e. The molecule has 0 aromatic heterocycles. The minimum Gasteiger partial charge on any atom is -0.380 e. The highest BCUT2D eigenvalue weighted by molar-refractivity contribution is 5.41. The van der Waals surface area contributed by atoms with Crippen molar-refractivity contribution in [1.29, 1.82) is 5.26 Å². The van der Waals surface area contributed by atoms with Crippen molar-refractivity contribution in [1.82, 2.24) is 0 Å². The molecule has 1 spiro atoms. The van der Waals surface area contributed by atoms with Crippen LogP contribution in [0.2, 0.25) is 0 Å². The fourth-order valence-corrected chi connectivity index (χ4v) is 3.46. The first-order chi connectivity index (χ1) is 8.89. The molecule has 1 aromatic rings. The van der Waals surface area contributed by atoms with Gasteiger partial charge in [0, 0.05) is 5.41 Å². The summed E-state index contributed by atoms with van der Waals surface area (Å²) in [6, 6.07) is 11.2. The van der Waals surface area contributed by atoms with E-state index in [2.05, 4.69) is 51.1 Å². The summed E-state index contributed by atoms with van der Waals surface area (Å²) in [6.07, 6.45) is 1.93. The summed E-state index contributed by atoms with van der Waals surface area (Å²) < 4.78 is 5.31. The standard InChI is InChI=1S/C17H21NO/c1-15(2,3)13-4-6-14(7-5-13)17(10-18)8-16(9-17)11-19-12-16/h4-7H,8-9,11-12H2,1-3H3. The van der Waals surface area contributed by atoms with Crippen molar-refractivity contribution >= 4 is 0 Å². The second-order valence-electron chi connectivity index (χ2n) is 7.37. The number of nitrogens with zero attached hydrogens (tertiary/aromatic N) is 1. The number of ether oxygens (including phenoxy) is 1. The molecule has 2 fully saturated rings. The Bertz CT molecular complexity index is 518. The zero-order valence-corrected chi connectivity index (χ0v) is 12.0. The van der Waals surface area contributed by atoms with Crippen LogP contribution in [-0.2, 0) is 15.6 Å². The van der Waals surface area contributed by atoms with Crippen LogP contribution in [0.4, 0.5) is 0 Å². The van der Waals surface area contributed by atoms with Gasteiger partial charge in [0.25, 0.3) is 0 Å². The summed E-state index contributed by atoms with van der Waals surface area (Å²) in [5.74, 6) is 0. The van der Waals surface area contributed by atoms with E-state index in [1.165, 1.54) is 11.1 Å². The third kappa shape index (κ3) is 1.88. The Balaban J connectivity index is 1.84. The summed E-state index contributed by atoms with van der Waals surface area (Å²) in [7, 11) is 0. The zero-order valence-electron chi connectivity index (χ0n) is 12.0. The molecule has 19 heavy (non-hydrogen) atoms. The third-order valence-electron chi connectivity index (χ3n) is 4.69. The molecule has 1 aromatic carbocycles. The predicted molar refractivity (Wildman–Crippen MR) is 74.9 cm³/mol. The van der Waals surface area contributed by atoms with E-state index in [9.17, 15) is 5.26 Å². The maximum Gasteiger partial charge on any atom is 0.0836 e. The lowest BCUT2D eigenvalue weighted by Gasteiger charge is -2.57. The van der Waals surface area contributed by atoms with Crippen molar-refractivity contribution in [3.63, 3.8) is 0 Å². The van der Waals surface area contributed by atoms with Crippen LogP contribution < -0.4 is 0 Å². The number of hydrogen-bond acceptors (Lipinski definition) is 2. The minimum absolute atomic E-state index is 0.168. The number of benzene rings is 1. The molecule has 1 saturated carbocycles. The molecule has 2 nitrogen and oxygen atoms in total. The average Bonchev–Trinajstić information content (AvgIpc) is 2.26. The molecule has 1 aliphatic carbocycles. The van der Waals surface area contributed by atoms with Crippen LogP contribution in [0.25, 0.3) is 0 Å². The van der Waals surface area contributed by atoms with Gasteiger partial charge in [0.1, 0.15) is 0 Å². The lowest BCUT2D eigenvalue weighted by Crippen LogP contribution is -2.59. The lowest BCUT2D eigenvalue weighted by atomic mass is 9.50. The van der Waals surface area contributed by atoms with E-state index in [1.54, 1.807) is 0 Å². The van der Waals surface area contributed by atoms with Gasteiger partial charge in [-0.1, -0.05) is 45.0 Å². The minimum atomic E-state index is -0.264. The molecule has 2 aliphatic rings. The summed E-state index contributed by atoms with van der Waals surface area (Å²) in [5.41, 5.74) is 2.73. The van der Waals surface area contributed by atoms with Crippen LogP contribution in [0.5, 0.6) is 0 Å². The summed E-state index contributed by atoms with van der Waals surface area (Å²) in [5, 5.41) is 9.58. The summed E-state index contributed by atoms with van der Waals surface area (Å²) >= 11 is 0. The molecule has 0 N–H and O–H groups in total. The molecule has 3 rings (SSSR count). The second kappa shape index (κ2) is 3.84. The summed E-state index contributed by atoms with van der Waals surface area (Å²) in [6.45, 7) is 8.33. The fourth-order valence-electron chi connectivity index (χ4n) is 3.46. The first-order valence-electron chi connectivity index (χ1n) is 6.99. The van der Waals surface area contributed by atoms with E-state index < -0.39 is 0 Å².